The van der Waals surface area contributed by atoms with Crippen molar-refractivity contribution in [1.82, 2.24) is 0 Å². The molecule has 0 aliphatic heterocycles. The Balaban J connectivity index is 1.96. The van der Waals surface area contributed by atoms with Crippen molar-refractivity contribution in [3.63, 3.8) is 0 Å². The fraction of sp³-hybridized carbons (Fsp3) is 0.261. The number of rotatable bonds is 1. The minimum Gasteiger partial charge on any atom is -0.289 e. The van der Waals surface area contributed by atoms with Gasteiger partial charge in [-0.15, -0.1) is 0 Å². The van der Waals surface area contributed by atoms with Crippen molar-refractivity contribution < 1.29 is 4.79 Å². The van der Waals surface area contributed by atoms with E-state index in [0.29, 0.717) is 0 Å². The minimum atomic E-state index is 0.0438. The second-order valence-electron chi connectivity index (χ2n) is 7.74. The van der Waals surface area contributed by atoms with E-state index in [9.17, 15) is 4.79 Å². The minimum absolute atomic E-state index is 0.0438. The summed E-state index contributed by atoms with van der Waals surface area (Å²) in [4.78, 5) is 13.1. The summed E-state index contributed by atoms with van der Waals surface area (Å²) in [6.07, 6.45) is 1.01. The van der Waals surface area contributed by atoms with Crippen LogP contribution < -0.4 is 0 Å². The zero-order valence-electron chi connectivity index (χ0n) is 14.7. The van der Waals surface area contributed by atoms with Crippen LogP contribution in [0.15, 0.2) is 48.5 Å². The third-order valence-corrected chi connectivity index (χ3v) is 5.14. The van der Waals surface area contributed by atoms with Gasteiger partial charge in [0.2, 0.25) is 0 Å². The zero-order valence-corrected chi connectivity index (χ0v) is 14.7. The Bertz CT molecular complexity index is 987. The van der Waals surface area contributed by atoms with Crippen LogP contribution in [0.25, 0.3) is 21.9 Å². The Morgan fingerprint density at radius 1 is 0.833 bits per heavy atom. The number of fused-ring (bicyclic) bond motifs is 5. The fourth-order valence-corrected chi connectivity index (χ4v) is 3.64. The molecule has 0 bridgehead atoms. The standard InChI is InChI=1S/C23H22O/c1-5-14-6-9-17-15(12-14)7-10-19-18-11-8-16(23(2,3)4)13-20(18)22(24)21(17)19/h6-13H,5H2,1-4H3. The van der Waals surface area contributed by atoms with Gasteiger partial charge < -0.3 is 0 Å². The quantitative estimate of drug-likeness (QED) is 0.427. The maximum atomic E-state index is 13.1. The molecular formula is C23H22O. The summed E-state index contributed by atoms with van der Waals surface area (Å²) < 4.78 is 0. The van der Waals surface area contributed by atoms with Gasteiger partial charge in [-0.3, -0.25) is 4.79 Å². The summed E-state index contributed by atoms with van der Waals surface area (Å²) in [5, 5.41) is 2.23. The molecule has 0 saturated carbocycles. The monoisotopic (exact) mass is 314 g/mol. The van der Waals surface area contributed by atoms with Crippen LogP contribution in [0.5, 0.6) is 0 Å². The normalized spacial score (nSPS) is 13.2. The number of ketones is 1. The van der Waals surface area contributed by atoms with Gasteiger partial charge in [-0.2, -0.15) is 0 Å². The maximum Gasteiger partial charge on any atom is 0.194 e. The first-order chi connectivity index (χ1) is 11.4. The molecule has 0 radical (unpaired) electrons. The SMILES string of the molecule is CCc1ccc2c3c(ccc2c1)-c1ccc(C(C)(C)C)cc1C3=O. The highest BCUT2D eigenvalue weighted by atomic mass is 16.1. The van der Waals surface area contributed by atoms with Gasteiger partial charge in [0.05, 0.1) is 0 Å². The molecule has 0 fully saturated rings. The second kappa shape index (κ2) is 5.04. The van der Waals surface area contributed by atoms with E-state index >= 15 is 0 Å². The van der Waals surface area contributed by atoms with E-state index in [-0.39, 0.29) is 11.2 Å². The number of carbonyl (C=O) groups excluding carboxylic acids is 1. The number of aryl methyl sites for hydroxylation is 1. The maximum absolute atomic E-state index is 13.1. The number of hydrogen-bond donors (Lipinski definition) is 0. The van der Waals surface area contributed by atoms with Crippen LogP contribution in [0.1, 0.15) is 54.7 Å². The highest BCUT2D eigenvalue weighted by Crippen LogP contribution is 2.42. The molecule has 0 amide bonds. The molecular weight excluding hydrogens is 292 g/mol. The lowest BCUT2D eigenvalue weighted by atomic mass is 9.85. The number of benzene rings is 3. The van der Waals surface area contributed by atoms with Crippen molar-refractivity contribution in [2.45, 2.75) is 39.5 Å². The van der Waals surface area contributed by atoms with Gasteiger partial charge in [0.1, 0.15) is 0 Å². The topological polar surface area (TPSA) is 17.1 Å². The van der Waals surface area contributed by atoms with Gasteiger partial charge in [-0.05, 0) is 50.9 Å². The first-order valence-electron chi connectivity index (χ1n) is 8.65. The Kier molecular flexibility index (Phi) is 3.18. The Labute approximate surface area is 143 Å². The average molecular weight is 314 g/mol. The molecule has 3 aromatic carbocycles. The second-order valence-corrected chi connectivity index (χ2v) is 7.74. The molecule has 4 rings (SSSR count). The third-order valence-electron chi connectivity index (χ3n) is 5.14. The largest absolute Gasteiger partial charge is 0.289 e. The predicted molar refractivity (Wildman–Crippen MR) is 101 cm³/mol. The van der Waals surface area contributed by atoms with E-state index in [1.165, 1.54) is 11.1 Å². The van der Waals surface area contributed by atoms with Crippen molar-refractivity contribution in [2.75, 3.05) is 0 Å². The van der Waals surface area contributed by atoms with Gasteiger partial charge in [0, 0.05) is 11.1 Å². The molecule has 0 heterocycles. The lowest BCUT2D eigenvalue weighted by Gasteiger charge is -2.19. The van der Waals surface area contributed by atoms with Crippen LogP contribution in [-0.2, 0) is 11.8 Å². The summed E-state index contributed by atoms with van der Waals surface area (Å²) in [6, 6.07) is 17.1. The van der Waals surface area contributed by atoms with Crippen molar-refractivity contribution in [3.05, 3.63) is 70.8 Å². The van der Waals surface area contributed by atoms with E-state index in [0.717, 1.165) is 39.4 Å². The average Bonchev–Trinajstić information content (AvgIpc) is 2.86. The van der Waals surface area contributed by atoms with E-state index in [1.54, 1.807) is 0 Å². The van der Waals surface area contributed by atoms with Crippen LogP contribution >= 0.6 is 0 Å². The molecule has 1 aliphatic carbocycles. The van der Waals surface area contributed by atoms with E-state index in [1.807, 2.05) is 0 Å². The lowest BCUT2D eigenvalue weighted by Crippen LogP contribution is -2.11. The Hall–Kier alpha value is -2.41. The van der Waals surface area contributed by atoms with Crippen LogP contribution in [-0.4, -0.2) is 5.78 Å². The fourth-order valence-electron chi connectivity index (χ4n) is 3.64. The molecule has 0 spiro atoms. The van der Waals surface area contributed by atoms with Gasteiger partial charge in [0.15, 0.2) is 5.78 Å². The lowest BCUT2D eigenvalue weighted by molar-refractivity contribution is 0.104. The van der Waals surface area contributed by atoms with E-state index < -0.39 is 0 Å². The summed E-state index contributed by atoms with van der Waals surface area (Å²) in [5.41, 5.74) is 6.43. The first-order valence-corrected chi connectivity index (χ1v) is 8.65. The first kappa shape index (κ1) is 15.1. The molecule has 0 atom stereocenters. The summed E-state index contributed by atoms with van der Waals surface area (Å²) >= 11 is 0. The summed E-state index contributed by atoms with van der Waals surface area (Å²) in [7, 11) is 0. The van der Waals surface area contributed by atoms with Crippen LogP contribution in [0.3, 0.4) is 0 Å². The van der Waals surface area contributed by atoms with Crippen LogP contribution in [0, 0.1) is 0 Å². The van der Waals surface area contributed by atoms with E-state index in [4.69, 9.17) is 0 Å². The molecule has 1 heteroatoms. The van der Waals surface area contributed by atoms with Crippen molar-refractivity contribution in [3.8, 4) is 11.1 Å². The number of carbonyl (C=O) groups is 1. The van der Waals surface area contributed by atoms with Gasteiger partial charge in [0.25, 0.3) is 0 Å². The highest BCUT2D eigenvalue weighted by molar-refractivity contribution is 6.27. The molecule has 120 valence electrons. The molecule has 3 aromatic rings. The van der Waals surface area contributed by atoms with Crippen molar-refractivity contribution >= 4 is 16.6 Å². The van der Waals surface area contributed by atoms with Crippen LogP contribution in [0.2, 0.25) is 0 Å². The summed E-state index contributed by atoms with van der Waals surface area (Å²) in [5.74, 6) is 0.168. The molecule has 0 unspecified atom stereocenters. The van der Waals surface area contributed by atoms with E-state index in [2.05, 4.69) is 76.2 Å². The molecule has 0 aromatic heterocycles. The zero-order chi connectivity index (χ0) is 17.1. The predicted octanol–water partition coefficient (Wildman–Crippen LogP) is 5.91. The third kappa shape index (κ3) is 2.11. The Morgan fingerprint density at radius 3 is 2.29 bits per heavy atom. The highest BCUT2D eigenvalue weighted by Gasteiger charge is 2.29. The smallest absolute Gasteiger partial charge is 0.194 e. The summed E-state index contributed by atoms with van der Waals surface area (Å²) in [6.45, 7) is 8.71. The molecule has 1 aliphatic rings. The number of hydrogen-bond acceptors (Lipinski definition) is 1. The van der Waals surface area contributed by atoms with Gasteiger partial charge in [-0.25, -0.2) is 0 Å². The van der Waals surface area contributed by atoms with Crippen molar-refractivity contribution in [2.24, 2.45) is 0 Å². The molecule has 0 saturated heterocycles. The Morgan fingerprint density at radius 2 is 1.58 bits per heavy atom. The molecule has 24 heavy (non-hydrogen) atoms. The molecule has 1 nitrogen and oxygen atoms in total. The van der Waals surface area contributed by atoms with Gasteiger partial charge >= 0.3 is 0 Å². The molecule has 0 N–H and O–H groups in total. The van der Waals surface area contributed by atoms with Crippen molar-refractivity contribution in [1.29, 1.82) is 0 Å². The van der Waals surface area contributed by atoms with Crippen LogP contribution in [0.4, 0.5) is 0 Å². The van der Waals surface area contributed by atoms with Gasteiger partial charge in [-0.1, -0.05) is 70.2 Å².